The van der Waals surface area contributed by atoms with Crippen LogP contribution in [0, 0.1) is 0 Å². The first-order chi connectivity index (χ1) is 9.26. The molecule has 0 aliphatic rings. The highest BCUT2D eigenvalue weighted by atomic mass is 35.5. The number of halogens is 4. The van der Waals surface area contributed by atoms with Crippen LogP contribution in [0.3, 0.4) is 0 Å². The quantitative estimate of drug-likeness (QED) is 0.850. The number of hydrogen-bond acceptors (Lipinski definition) is 3. The maximum atomic E-state index is 12.4. The van der Waals surface area contributed by atoms with Crippen LogP contribution in [0.25, 0.3) is 0 Å². The van der Waals surface area contributed by atoms with Gasteiger partial charge in [0.1, 0.15) is 17.5 Å². The Hall–Kier alpha value is -1.50. The lowest BCUT2D eigenvalue weighted by molar-refractivity contribution is -0.140. The van der Waals surface area contributed by atoms with Gasteiger partial charge in [-0.2, -0.15) is 13.2 Å². The fourth-order valence-corrected chi connectivity index (χ4v) is 1.83. The number of carbonyl (C=O) groups excluding carboxylic acids is 1. The molecule has 4 nitrogen and oxygen atoms in total. The Labute approximate surface area is 119 Å². The van der Waals surface area contributed by atoms with Gasteiger partial charge in [0.2, 0.25) is 0 Å². The molecule has 8 heteroatoms. The van der Waals surface area contributed by atoms with Crippen LogP contribution in [0.15, 0.2) is 12.1 Å². The smallest absolute Gasteiger partial charge is 0.370 e. The molecule has 20 heavy (non-hydrogen) atoms. The van der Waals surface area contributed by atoms with Gasteiger partial charge < -0.3 is 10.2 Å². The lowest BCUT2D eigenvalue weighted by Gasteiger charge is -2.22. The molecule has 1 aromatic rings. The minimum Gasteiger partial charge on any atom is -0.370 e. The van der Waals surface area contributed by atoms with Gasteiger partial charge in [0.25, 0.3) is 5.91 Å². The molecule has 0 saturated heterocycles. The van der Waals surface area contributed by atoms with E-state index in [1.54, 1.807) is 0 Å². The minimum absolute atomic E-state index is 0.0468. The molecule has 0 aliphatic heterocycles. The second kappa shape index (κ2) is 6.78. The number of rotatable bonds is 5. The summed E-state index contributed by atoms with van der Waals surface area (Å²) in [6.45, 7) is 2.53. The summed E-state index contributed by atoms with van der Waals surface area (Å²) in [6, 6.07) is 2.64. The topological polar surface area (TPSA) is 45.2 Å². The summed E-state index contributed by atoms with van der Waals surface area (Å²) in [4.78, 5) is 16.7. The number of nitrogens with zero attached hydrogens (tertiary/aromatic N) is 2. The van der Waals surface area contributed by atoms with Crippen molar-refractivity contribution in [3.63, 3.8) is 0 Å². The van der Waals surface area contributed by atoms with Crippen molar-refractivity contribution in [3.05, 3.63) is 22.8 Å². The van der Waals surface area contributed by atoms with E-state index in [2.05, 4.69) is 10.3 Å². The van der Waals surface area contributed by atoms with Crippen molar-refractivity contribution in [3.8, 4) is 0 Å². The Morgan fingerprint density at radius 1 is 1.40 bits per heavy atom. The molecule has 1 heterocycles. The summed E-state index contributed by atoms with van der Waals surface area (Å²) < 4.78 is 37.2. The first-order valence-corrected chi connectivity index (χ1v) is 6.42. The molecule has 0 saturated carbocycles. The van der Waals surface area contributed by atoms with Crippen molar-refractivity contribution in [2.75, 3.05) is 25.0 Å². The third kappa shape index (κ3) is 4.88. The van der Waals surface area contributed by atoms with Crippen LogP contribution in [0.1, 0.15) is 24.2 Å². The zero-order chi connectivity index (χ0) is 15.3. The highest BCUT2D eigenvalue weighted by Crippen LogP contribution is 2.20. The van der Waals surface area contributed by atoms with E-state index in [0.29, 0.717) is 17.3 Å². The molecule has 0 unspecified atom stereocenters. The van der Waals surface area contributed by atoms with Crippen LogP contribution in [0.5, 0.6) is 0 Å². The number of anilines is 1. The van der Waals surface area contributed by atoms with E-state index in [9.17, 15) is 18.0 Å². The van der Waals surface area contributed by atoms with Gasteiger partial charge in [-0.1, -0.05) is 11.6 Å². The highest BCUT2D eigenvalue weighted by Gasteiger charge is 2.32. The van der Waals surface area contributed by atoms with E-state index in [0.717, 1.165) is 0 Å². The zero-order valence-corrected chi connectivity index (χ0v) is 11.8. The molecular formula is C12H15ClF3N3O. The normalized spacial score (nSPS) is 11.3. The largest absolute Gasteiger partial charge is 0.406 e. The summed E-state index contributed by atoms with van der Waals surface area (Å²) in [5, 5.41) is 2.91. The second-order valence-electron chi connectivity index (χ2n) is 4.03. The van der Waals surface area contributed by atoms with E-state index in [-0.39, 0.29) is 17.3 Å². The average molecular weight is 310 g/mol. The van der Waals surface area contributed by atoms with Crippen LogP contribution in [0.2, 0.25) is 5.15 Å². The van der Waals surface area contributed by atoms with Gasteiger partial charge in [-0.25, -0.2) is 4.98 Å². The molecule has 1 N–H and O–H groups in total. The fraction of sp³-hybridized carbons (Fsp3) is 0.500. The number of amides is 1. The summed E-state index contributed by atoms with van der Waals surface area (Å²) in [5.74, 6) is -0.375. The summed E-state index contributed by atoms with van der Waals surface area (Å²) in [5.41, 5.74) is 0.0760. The van der Waals surface area contributed by atoms with E-state index in [1.807, 2.05) is 6.92 Å². The lowest BCUT2D eigenvalue weighted by atomic mass is 10.2. The Morgan fingerprint density at radius 3 is 2.55 bits per heavy atom. The molecule has 1 amide bonds. The van der Waals surface area contributed by atoms with Crippen LogP contribution in [-0.4, -0.2) is 41.6 Å². The van der Waals surface area contributed by atoms with Crippen LogP contribution < -0.4 is 5.32 Å². The maximum absolute atomic E-state index is 12.4. The molecule has 0 spiro atoms. The molecular weight excluding hydrogens is 295 g/mol. The number of carbonyl (C=O) groups is 1. The van der Waals surface area contributed by atoms with Gasteiger partial charge in [-0.15, -0.1) is 0 Å². The average Bonchev–Trinajstić information content (AvgIpc) is 2.33. The van der Waals surface area contributed by atoms with E-state index >= 15 is 0 Å². The third-order valence-electron chi connectivity index (χ3n) is 2.44. The highest BCUT2D eigenvalue weighted by molar-refractivity contribution is 6.29. The van der Waals surface area contributed by atoms with E-state index in [1.165, 1.54) is 19.1 Å². The minimum atomic E-state index is -4.44. The molecule has 1 aromatic heterocycles. The Bertz CT molecular complexity index is 480. The predicted molar refractivity (Wildman–Crippen MR) is 71.0 cm³/mol. The number of aromatic nitrogens is 1. The van der Waals surface area contributed by atoms with Crippen molar-refractivity contribution in [2.24, 2.45) is 0 Å². The molecule has 112 valence electrons. The first kappa shape index (κ1) is 16.6. The Kier molecular flexibility index (Phi) is 5.62. The van der Waals surface area contributed by atoms with Gasteiger partial charge in [-0.05, 0) is 26.0 Å². The summed E-state index contributed by atoms with van der Waals surface area (Å²) in [6.07, 6.45) is -4.44. The maximum Gasteiger partial charge on any atom is 0.406 e. The molecule has 0 atom stereocenters. The molecule has 0 fully saturated rings. The van der Waals surface area contributed by atoms with Crippen molar-refractivity contribution < 1.29 is 18.0 Å². The van der Waals surface area contributed by atoms with Crippen LogP contribution >= 0.6 is 11.6 Å². The summed E-state index contributed by atoms with van der Waals surface area (Å²) >= 11 is 5.77. The monoisotopic (exact) mass is 309 g/mol. The zero-order valence-electron chi connectivity index (χ0n) is 11.1. The van der Waals surface area contributed by atoms with Gasteiger partial charge in [0, 0.05) is 18.7 Å². The van der Waals surface area contributed by atoms with Gasteiger partial charge in [-0.3, -0.25) is 4.79 Å². The Morgan fingerprint density at radius 2 is 2.05 bits per heavy atom. The molecule has 0 bridgehead atoms. The number of alkyl halides is 3. The third-order valence-corrected chi connectivity index (χ3v) is 2.63. The SMILES string of the molecule is CCNc1cc(C(=O)N(CC)CC(F)(F)F)cc(Cl)n1. The molecule has 1 rings (SSSR count). The Balaban J connectivity index is 3.00. The second-order valence-corrected chi connectivity index (χ2v) is 4.42. The van der Waals surface area contributed by atoms with Crippen LogP contribution in [0.4, 0.5) is 19.0 Å². The van der Waals surface area contributed by atoms with Crippen molar-refractivity contribution in [1.29, 1.82) is 0 Å². The fourth-order valence-electron chi connectivity index (χ4n) is 1.62. The number of pyridine rings is 1. The molecule has 0 aliphatic carbocycles. The van der Waals surface area contributed by atoms with E-state index in [4.69, 9.17) is 11.6 Å². The number of hydrogen-bond donors (Lipinski definition) is 1. The van der Waals surface area contributed by atoms with Gasteiger partial charge in [0.15, 0.2) is 0 Å². The predicted octanol–water partition coefficient (Wildman–Crippen LogP) is 3.19. The summed E-state index contributed by atoms with van der Waals surface area (Å²) in [7, 11) is 0. The standard InChI is InChI=1S/C12H15ClF3N3O/c1-3-17-10-6-8(5-9(13)18-10)11(20)19(4-2)7-12(14,15)16/h5-6H,3-4,7H2,1-2H3,(H,17,18). The van der Waals surface area contributed by atoms with Gasteiger partial charge in [0.05, 0.1) is 0 Å². The van der Waals surface area contributed by atoms with Gasteiger partial charge >= 0.3 is 6.18 Å². The van der Waals surface area contributed by atoms with E-state index < -0.39 is 18.6 Å². The van der Waals surface area contributed by atoms with Crippen molar-refractivity contribution in [1.82, 2.24) is 9.88 Å². The lowest BCUT2D eigenvalue weighted by Crippen LogP contribution is -2.38. The number of nitrogens with one attached hydrogen (secondary N) is 1. The van der Waals surface area contributed by atoms with Crippen molar-refractivity contribution >= 4 is 23.3 Å². The van der Waals surface area contributed by atoms with Crippen molar-refractivity contribution in [2.45, 2.75) is 20.0 Å². The molecule has 0 aromatic carbocycles. The molecule has 0 radical (unpaired) electrons. The first-order valence-electron chi connectivity index (χ1n) is 6.04. The van der Waals surface area contributed by atoms with Crippen LogP contribution in [-0.2, 0) is 0 Å².